The van der Waals surface area contributed by atoms with Crippen LogP contribution in [-0.4, -0.2) is 21.1 Å². The zero-order chi connectivity index (χ0) is 15.0. The van der Waals surface area contributed by atoms with E-state index < -0.39 is 0 Å². The molecule has 2 aromatic rings. The zero-order valence-electron chi connectivity index (χ0n) is 11.0. The van der Waals surface area contributed by atoms with Crippen LogP contribution in [0.5, 0.6) is 0 Å². The van der Waals surface area contributed by atoms with Crippen LogP contribution < -0.4 is 4.90 Å². The van der Waals surface area contributed by atoms with E-state index in [2.05, 4.69) is 9.97 Å². The van der Waals surface area contributed by atoms with Gasteiger partial charge in [0.25, 0.3) is 0 Å². The van der Waals surface area contributed by atoms with Crippen molar-refractivity contribution in [3.05, 3.63) is 52.3 Å². The second-order valence-corrected chi connectivity index (χ2v) is 6.82. The van der Waals surface area contributed by atoms with Crippen LogP contribution in [0.25, 0.3) is 0 Å². The zero-order valence-corrected chi connectivity index (χ0v) is 13.4. The van der Waals surface area contributed by atoms with Crippen LogP contribution in [0.15, 0.2) is 36.7 Å². The second kappa shape index (κ2) is 5.83. The highest BCUT2D eigenvalue weighted by Gasteiger charge is 2.41. The molecule has 4 nitrogen and oxygen atoms in total. The van der Waals surface area contributed by atoms with Crippen LogP contribution in [0.4, 0.5) is 5.95 Å². The fourth-order valence-electron chi connectivity index (χ4n) is 2.16. The molecule has 0 bridgehead atoms. The number of hydrogen-bond donors (Lipinski definition) is 0. The molecule has 1 amide bonds. The molecule has 0 aliphatic carbocycles. The largest absolute Gasteiger partial charge is 0.273 e. The summed E-state index contributed by atoms with van der Waals surface area (Å²) in [5.74, 6) is 0.359. The van der Waals surface area contributed by atoms with E-state index in [4.69, 9.17) is 23.2 Å². The Hall–Kier alpha value is -1.30. The van der Waals surface area contributed by atoms with Crippen molar-refractivity contribution in [3.63, 3.8) is 0 Å². The molecule has 0 N–H and O–H groups in total. The van der Waals surface area contributed by atoms with Crippen molar-refractivity contribution in [2.24, 2.45) is 0 Å². The fourth-order valence-corrected chi connectivity index (χ4v) is 4.02. The summed E-state index contributed by atoms with van der Waals surface area (Å²) in [5.41, 5.74) is 0.830. The Morgan fingerprint density at radius 1 is 1.24 bits per heavy atom. The van der Waals surface area contributed by atoms with E-state index >= 15 is 0 Å². The number of aromatic nitrogens is 2. The van der Waals surface area contributed by atoms with E-state index in [1.54, 1.807) is 35.5 Å². The Morgan fingerprint density at radius 2 is 1.95 bits per heavy atom. The van der Waals surface area contributed by atoms with Gasteiger partial charge in [-0.05, 0) is 25.1 Å². The number of nitrogens with zero attached hydrogens (tertiary/aromatic N) is 3. The maximum absolute atomic E-state index is 12.4. The van der Waals surface area contributed by atoms with Crippen LogP contribution in [0.2, 0.25) is 10.0 Å². The summed E-state index contributed by atoms with van der Waals surface area (Å²) < 4.78 is 0. The van der Waals surface area contributed by atoms with Crippen LogP contribution in [0.1, 0.15) is 17.9 Å². The van der Waals surface area contributed by atoms with Crippen LogP contribution in [-0.2, 0) is 4.79 Å². The first-order chi connectivity index (χ1) is 10.1. The maximum atomic E-state index is 12.4. The summed E-state index contributed by atoms with van der Waals surface area (Å²) in [6, 6.07) is 6.99. The molecule has 1 fully saturated rings. The van der Waals surface area contributed by atoms with Crippen molar-refractivity contribution < 1.29 is 4.79 Å². The molecule has 3 rings (SSSR count). The van der Waals surface area contributed by atoms with Gasteiger partial charge in [0.2, 0.25) is 11.9 Å². The first-order valence-electron chi connectivity index (χ1n) is 6.28. The number of halogens is 2. The van der Waals surface area contributed by atoms with Crippen LogP contribution in [0, 0.1) is 0 Å². The molecule has 1 saturated heterocycles. The predicted octanol–water partition coefficient (Wildman–Crippen LogP) is 3.95. The van der Waals surface area contributed by atoms with Gasteiger partial charge >= 0.3 is 0 Å². The molecule has 2 heterocycles. The highest BCUT2D eigenvalue weighted by atomic mass is 35.5. The molecule has 7 heteroatoms. The lowest BCUT2D eigenvalue weighted by Crippen LogP contribution is -2.31. The monoisotopic (exact) mass is 339 g/mol. The van der Waals surface area contributed by atoms with Crippen LogP contribution in [0.3, 0.4) is 0 Å². The molecule has 0 spiro atoms. The lowest BCUT2D eigenvalue weighted by atomic mass is 10.2. The number of carbonyl (C=O) groups excluding carboxylic acids is 1. The molecule has 1 aromatic carbocycles. The third-order valence-electron chi connectivity index (χ3n) is 3.15. The topological polar surface area (TPSA) is 46.1 Å². The second-order valence-electron chi connectivity index (χ2n) is 4.55. The number of hydrogen-bond acceptors (Lipinski definition) is 4. The molecule has 2 atom stereocenters. The Bertz CT molecular complexity index is 683. The van der Waals surface area contributed by atoms with Gasteiger partial charge in [0, 0.05) is 28.0 Å². The molecule has 1 aromatic heterocycles. The predicted molar refractivity (Wildman–Crippen MR) is 85.8 cm³/mol. The number of carbonyl (C=O) groups is 1. The average molecular weight is 340 g/mol. The molecule has 2 unspecified atom stereocenters. The van der Waals surface area contributed by atoms with Crippen molar-refractivity contribution in [1.29, 1.82) is 0 Å². The van der Waals surface area contributed by atoms with Crippen LogP contribution >= 0.6 is 35.0 Å². The molecule has 1 aliphatic rings. The van der Waals surface area contributed by atoms with Gasteiger partial charge in [0.1, 0.15) is 5.37 Å². The van der Waals surface area contributed by atoms with Gasteiger partial charge in [-0.2, -0.15) is 0 Å². The van der Waals surface area contributed by atoms with E-state index in [1.165, 1.54) is 11.8 Å². The third-order valence-corrected chi connectivity index (χ3v) is 5.04. The van der Waals surface area contributed by atoms with Gasteiger partial charge in [-0.15, -0.1) is 11.8 Å². The standard InChI is InChI=1S/C14H11Cl2N3OS/c1-8-12(20)19(14-17-5-2-6-18-14)13(21-8)10-4-3-9(15)7-11(10)16/h2-8,13H,1H3. The highest BCUT2D eigenvalue weighted by molar-refractivity contribution is 8.01. The van der Waals surface area contributed by atoms with Gasteiger partial charge < -0.3 is 0 Å². The normalized spacial score (nSPS) is 21.9. The first kappa shape index (κ1) is 14.6. The SMILES string of the molecule is CC1SC(c2ccc(Cl)cc2Cl)N(c2ncccn2)C1=O. The van der Waals surface area contributed by atoms with Gasteiger partial charge in [-0.25, -0.2) is 9.97 Å². The summed E-state index contributed by atoms with van der Waals surface area (Å²) in [6.45, 7) is 1.87. The summed E-state index contributed by atoms with van der Waals surface area (Å²) >= 11 is 13.7. The lowest BCUT2D eigenvalue weighted by molar-refractivity contribution is -0.117. The minimum atomic E-state index is -0.250. The molecule has 0 saturated carbocycles. The van der Waals surface area contributed by atoms with Crippen molar-refractivity contribution in [2.75, 3.05) is 4.90 Å². The Labute approximate surface area is 136 Å². The van der Waals surface area contributed by atoms with Crippen molar-refractivity contribution in [3.8, 4) is 0 Å². The minimum Gasteiger partial charge on any atom is -0.273 e. The molecule has 21 heavy (non-hydrogen) atoms. The number of amides is 1. The van der Waals surface area contributed by atoms with Crippen molar-refractivity contribution in [1.82, 2.24) is 9.97 Å². The van der Waals surface area contributed by atoms with Crippen molar-refractivity contribution in [2.45, 2.75) is 17.5 Å². The minimum absolute atomic E-state index is 0.0257. The van der Waals surface area contributed by atoms with Gasteiger partial charge in [-0.3, -0.25) is 9.69 Å². The summed E-state index contributed by atoms with van der Waals surface area (Å²) in [7, 11) is 0. The highest BCUT2D eigenvalue weighted by Crippen LogP contribution is 2.46. The molecule has 108 valence electrons. The maximum Gasteiger partial charge on any atom is 0.243 e. The lowest BCUT2D eigenvalue weighted by Gasteiger charge is -2.22. The molecular formula is C14H11Cl2N3OS. The fraction of sp³-hybridized carbons (Fsp3) is 0.214. The van der Waals surface area contributed by atoms with E-state index in [0.29, 0.717) is 16.0 Å². The number of rotatable bonds is 2. The average Bonchev–Trinajstić information content (AvgIpc) is 2.75. The molecule has 0 radical (unpaired) electrons. The van der Waals surface area contributed by atoms with Gasteiger partial charge in [0.15, 0.2) is 0 Å². The number of anilines is 1. The van der Waals surface area contributed by atoms with E-state index in [9.17, 15) is 4.79 Å². The van der Waals surface area contributed by atoms with E-state index in [-0.39, 0.29) is 16.5 Å². The van der Waals surface area contributed by atoms with Gasteiger partial charge in [0.05, 0.1) is 5.25 Å². The quantitative estimate of drug-likeness (QED) is 0.830. The Kier molecular flexibility index (Phi) is 4.06. The molecular weight excluding hydrogens is 329 g/mol. The Morgan fingerprint density at radius 3 is 2.62 bits per heavy atom. The van der Waals surface area contributed by atoms with E-state index in [0.717, 1.165) is 5.56 Å². The summed E-state index contributed by atoms with van der Waals surface area (Å²) in [6.07, 6.45) is 3.23. The van der Waals surface area contributed by atoms with E-state index in [1.807, 2.05) is 13.0 Å². The van der Waals surface area contributed by atoms with Gasteiger partial charge in [-0.1, -0.05) is 29.3 Å². The Balaban J connectivity index is 2.05. The summed E-state index contributed by atoms with van der Waals surface area (Å²) in [4.78, 5) is 22.4. The number of benzene rings is 1. The summed E-state index contributed by atoms with van der Waals surface area (Å²) in [5, 5.41) is 0.668. The first-order valence-corrected chi connectivity index (χ1v) is 7.98. The smallest absolute Gasteiger partial charge is 0.243 e. The number of thioether (sulfide) groups is 1. The third kappa shape index (κ3) is 2.73. The van der Waals surface area contributed by atoms with Crippen molar-refractivity contribution >= 4 is 46.8 Å². The molecule has 1 aliphatic heterocycles.